The van der Waals surface area contributed by atoms with E-state index >= 15 is 0 Å². The predicted octanol–water partition coefficient (Wildman–Crippen LogP) is 2.56. The van der Waals surface area contributed by atoms with Gasteiger partial charge in [0.1, 0.15) is 17.1 Å². The largest absolute Gasteiger partial charge is 0.497 e. The van der Waals surface area contributed by atoms with Crippen molar-refractivity contribution < 1.29 is 14.5 Å². The van der Waals surface area contributed by atoms with Crippen LogP contribution in [0, 0.1) is 17.0 Å². The van der Waals surface area contributed by atoms with Crippen LogP contribution in [0.2, 0.25) is 0 Å². The Labute approximate surface area is 120 Å². The summed E-state index contributed by atoms with van der Waals surface area (Å²) in [5.74, 6) is 0.0716. The molecule has 0 aliphatic heterocycles. The molecule has 0 fully saturated rings. The highest BCUT2D eigenvalue weighted by Gasteiger charge is 2.21. The number of aromatic nitrogens is 1. The fourth-order valence-corrected chi connectivity index (χ4v) is 1.71. The zero-order valence-electron chi connectivity index (χ0n) is 11.5. The summed E-state index contributed by atoms with van der Waals surface area (Å²) in [6, 6.07) is 7.39. The number of aryl methyl sites for hydroxylation is 1. The molecule has 0 unspecified atom stereocenters. The molecular formula is C14H13N3O4. The molecular weight excluding hydrogens is 274 g/mol. The summed E-state index contributed by atoms with van der Waals surface area (Å²) >= 11 is 0. The van der Waals surface area contributed by atoms with Crippen molar-refractivity contribution in [1.82, 2.24) is 4.98 Å². The van der Waals surface area contributed by atoms with Gasteiger partial charge in [-0.25, -0.2) is 4.98 Å². The Bertz CT molecular complexity index is 683. The monoisotopic (exact) mass is 287 g/mol. The predicted molar refractivity (Wildman–Crippen MR) is 76.6 cm³/mol. The number of nitrogens with one attached hydrogen (secondary N) is 1. The third kappa shape index (κ3) is 3.33. The number of amides is 1. The molecule has 1 N–H and O–H groups in total. The Morgan fingerprint density at radius 1 is 1.33 bits per heavy atom. The maximum Gasteiger partial charge on any atom is 0.282 e. The van der Waals surface area contributed by atoms with Crippen molar-refractivity contribution in [3.8, 4) is 5.75 Å². The Kier molecular flexibility index (Phi) is 4.13. The number of methoxy groups -OCH3 is 1. The zero-order chi connectivity index (χ0) is 15.4. The first-order chi connectivity index (χ1) is 10.0. The SMILES string of the molecule is COc1ccc([N+](=O)[O-])c(C(=O)Nc2ccc(C)cn2)c1. The molecule has 0 aliphatic carbocycles. The number of carbonyl (C=O) groups excluding carboxylic acids is 1. The zero-order valence-corrected chi connectivity index (χ0v) is 11.5. The van der Waals surface area contributed by atoms with E-state index in [1.165, 1.54) is 25.3 Å². The highest BCUT2D eigenvalue weighted by molar-refractivity contribution is 6.06. The highest BCUT2D eigenvalue weighted by atomic mass is 16.6. The van der Waals surface area contributed by atoms with Gasteiger partial charge in [-0.2, -0.15) is 0 Å². The molecule has 1 aromatic carbocycles. The van der Waals surface area contributed by atoms with E-state index in [0.717, 1.165) is 5.56 Å². The number of nitro groups is 1. The van der Waals surface area contributed by atoms with Crippen LogP contribution in [0.4, 0.5) is 11.5 Å². The molecule has 7 heteroatoms. The number of anilines is 1. The summed E-state index contributed by atoms with van der Waals surface area (Å²) in [5.41, 5.74) is 0.572. The standard InChI is InChI=1S/C14H13N3O4/c1-9-3-6-13(15-8-9)16-14(18)11-7-10(21-2)4-5-12(11)17(19)20/h3-8H,1-2H3,(H,15,16,18). The van der Waals surface area contributed by atoms with Crippen molar-refractivity contribution in [2.24, 2.45) is 0 Å². The van der Waals surface area contributed by atoms with Crippen molar-refractivity contribution in [3.63, 3.8) is 0 Å². The molecule has 0 aliphatic rings. The van der Waals surface area contributed by atoms with Gasteiger partial charge in [-0.3, -0.25) is 14.9 Å². The lowest BCUT2D eigenvalue weighted by molar-refractivity contribution is -0.385. The second-order valence-corrected chi connectivity index (χ2v) is 4.32. The van der Waals surface area contributed by atoms with Gasteiger partial charge in [0.2, 0.25) is 0 Å². The average molecular weight is 287 g/mol. The van der Waals surface area contributed by atoms with Gasteiger partial charge in [0.15, 0.2) is 0 Å². The minimum Gasteiger partial charge on any atom is -0.497 e. The van der Waals surface area contributed by atoms with Crippen molar-refractivity contribution in [3.05, 3.63) is 57.8 Å². The molecule has 2 aromatic rings. The van der Waals surface area contributed by atoms with Crippen LogP contribution < -0.4 is 10.1 Å². The number of ether oxygens (including phenoxy) is 1. The summed E-state index contributed by atoms with van der Waals surface area (Å²) in [6.45, 7) is 1.87. The van der Waals surface area contributed by atoms with Crippen LogP contribution >= 0.6 is 0 Å². The quantitative estimate of drug-likeness (QED) is 0.688. The maximum atomic E-state index is 12.2. The Morgan fingerprint density at radius 3 is 2.67 bits per heavy atom. The van der Waals surface area contributed by atoms with Gasteiger partial charge in [-0.1, -0.05) is 6.07 Å². The lowest BCUT2D eigenvalue weighted by Gasteiger charge is -2.07. The number of rotatable bonds is 4. The van der Waals surface area contributed by atoms with Gasteiger partial charge in [0, 0.05) is 12.3 Å². The van der Waals surface area contributed by atoms with Gasteiger partial charge >= 0.3 is 0 Å². The fraction of sp³-hybridized carbons (Fsp3) is 0.143. The van der Waals surface area contributed by atoms with Crippen molar-refractivity contribution >= 4 is 17.4 Å². The molecule has 7 nitrogen and oxygen atoms in total. The number of pyridine rings is 1. The van der Waals surface area contributed by atoms with Crippen molar-refractivity contribution in [1.29, 1.82) is 0 Å². The average Bonchev–Trinajstić information content (AvgIpc) is 2.48. The van der Waals surface area contributed by atoms with E-state index in [2.05, 4.69) is 10.3 Å². The molecule has 1 heterocycles. The summed E-state index contributed by atoms with van der Waals surface area (Å²) in [6.07, 6.45) is 1.59. The fourth-order valence-electron chi connectivity index (χ4n) is 1.71. The number of carbonyl (C=O) groups is 1. The molecule has 21 heavy (non-hydrogen) atoms. The molecule has 0 saturated heterocycles. The minimum atomic E-state index is -0.614. The summed E-state index contributed by atoms with van der Waals surface area (Å²) in [4.78, 5) is 26.6. The van der Waals surface area contributed by atoms with Crippen LogP contribution in [-0.4, -0.2) is 22.9 Å². The summed E-state index contributed by atoms with van der Waals surface area (Å²) < 4.78 is 4.99. The Hall–Kier alpha value is -2.96. The smallest absolute Gasteiger partial charge is 0.282 e. The molecule has 0 bridgehead atoms. The summed E-state index contributed by atoms with van der Waals surface area (Å²) in [5, 5.41) is 13.5. The van der Waals surface area contributed by atoms with E-state index in [9.17, 15) is 14.9 Å². The number of hydrogen-bond acceptors (Lipinski definition) is 5. The third-order valence-corrected chi connectivity index (χ3v) is 2.80. The van der Waals surface area contributed by atoms with Crippen molar-refractivity contribution in [2.45, 2.75) is 6.92 Å². The van der Waals surface area contributed by atoms with Crippen LogP contribution in [0.3, 0.4) is 0 Å². The van der Waals surface area contributed by atoms with E-state index in [1.54, 1.807) is 18.3 Å². The van der Waals surface area contributed by atoms with Crippen molar-refractivity contribution in [2.75, 3.05) is 12.4 Å². The van der Waals surface area contributed by atoms with Crippen LogP contribution in [0.5, 0.6) is 5.75 Å². The molecule has 1 aromatic heterocycles. The normalized spacial score (nSPS) is 10.0. The van der Waals surface area contributed by atoms with Crippen LogP contribution in [0.25, 0.3) is 0 Å². The van der Waals surface area contributed by atoms with E-state index < -0.39 is 10.8 Å². The van der Waals surface area contributed by atoms with E-state index in [1.807, 2.05) is 6.92 Å². The van der Waals surface area contributed by atoms with Gasteiger partial charge in [-0.05, 0) is 30.7 Å². The first-order valence-electron chi connectivity index (χ1n) is 6.07. The lowest BCUT2D eigenvalue weighted by atomic mass is 10.1. The maximum absolute atomic E-state index is 12.2. The molecule has 0 radical (unpaired) electrons. The second kappa shape index (κ2) is 6.00. The molecule has 2 rings (SSSR count). The summed E-state index contributed by atoms with van der Waals surface area (Å²) in [7, 11) is 1.42. The molecule has 1 amide bonds. The van der Waals surface area contributed by atoms with Crippen LogP contribution in [0.1, 0.15) is 15.9 Å². The van der Waals surface area contributed by atoms with E-state index in [4.69, 9.17) is 4.74 Å². The lowest BCUT2D eigenvalue weighted by Crippen LogP contribution is -2.15. The molecule has 0 atom stereocenters. The number of benzene rings is 1. The highest BCUT2D eigenvalue weighted by Crippen LogP contribution is 2.24. The van der Waals surface area contributed by atoms with Gasteiger partial charge in [0.05, 0.1) is 12.0 Å². The second-order valence-electron chi connectivity index (χ2n) is 4.32. The molecule has 0 saturated carbocycles. The van der Waals surface area contributed by atoms with Crippen LogP contribution in [0.15, 0.2) is 36.5 Å². The minimum absolute atomic E-state index is 0.0817. The van der Waals surface area contributed by atoms with E-state index in [-0.39, 0.29) is 11.3 Å². The van der Waals surface area contributed by atoms with Crippen LogP contribution in [-0.2, 0) is 0 Å². The third-order valence-electron chi connectivity index (χ3n) is 2.80. The van der Waals surface area contributed by atoms with E-state index in [0.29, 0.717) is 11.6 Å². The first kappa shape index (κ1) is 14.4. The van der Waals surface area contributed by atoms with Gasteiger partial charge in [0.25, 0.3) is 11.6 Å². The molecule has 108 valence electrons. The molecule has 0 spiro atoms. The first-order valence-corrected chi connectivity index (χ1v) is 6.07. The topological polar surface area (TPSA) is 94.4 Å². The van der Waals surface area contributed by atoms with Gasteiger partial charge < -0.3 is 10.1 Å². The number of nitro benzene ring substituents is 1. The number of hydrogen-bond donors (Lipinski definition) is 1. The Balaban J connectivity index is 2.33. The Morgan fingerprint density at radius 2 is 2.10 bits per heavy atom. The number of nitrogens with zero attached hydrogens (tertiary/aromatic N) is 2. The van der Waals surface area contributed by atoms with Gasteiger partial charge in [-0.15, -0.1) is 0 Å².